The average Bonchev–Trinajstić information content (AvgIpc) is 2.21. The van der Waals surface area contributed by atoms with Crippen LogP contribution in [0, 0.1) is 0 Å². The standard InChI is InChI=1S/C7H8O.C2H6/c8-7-5-3-1-2-4-6-7;1-2/h1-5,8H,6H2;1-2H3. The molecular formula is C9H14O. The Labute approximate surface area is 62.4 Å². The van der Waals surface area contributed by atoms with Crippen LogP contribution in [0.25, 0.3) is 0 Å². The molecule has 0 aromatic rings. The van der Waals surface area contributed by atoms with Crippen LogP contribution < -0.4 is 0 Å². The van der Waals surface area contributed by atoms with E-state index in [1.807, 2.05) is 38.2 Å². The Morgan fingerprint density at radius 2 is 1.90 bits per heavy atom. The maximum absolute atomic E-state index is 8.85. The van der Waals surface area contributed by atoms with E-state index < -0.39 is 0 Å². The van der Waals surface area contributed by atoms with Crippen molar-refractivity contribution in [3.63, 3.8) is 0 Å². The number of allylic oxidation sites excluding steroid dienone is 5. The molecule has 1 rings (SSSR count). The van der Waals surface area contributed by atoms with E-state index in [2.05, 4.69) is 0 Å². The summed E-state index contributed by atoms with van der Waals surface area (Å²) in [5.41, 5.74) is 0. The van der Waals surface area contributed by atoms with Crippen molar-refractivity contribution < 1.29 is 5.11 Å². The fraction of sp³-hybridized carbons (Fsp3) is 0.333. The van der Waals surface area contributed by atoms with Gasteiger partial charge in [0.2, 0.25) is 0 Å². The molecule has 56 valence electrons. The Morgan fingerprint density at radius 1 is 1.20 bits per heavy atom. The summed E-state index contributed by atoms with van der Waals surface area (Å²) in [4.78, 5) is 0. The largest absolute Gasteiger partial charge is 0.512 e. The molecule has 0 bridgehead atoms. The third kappa shape index (κ3) is 3.96. The molecule has 0 radical (unpaired) electrons. The van der Waals surface area contributed by atoms with Gasteiger partial charge < -0.3 is 5.11 Å². The smallest absolute Gasteiger partial charge is 0.0960 e. The van der Waals surface area contributed by atoms with Gasteiger partial charge in [-0.05, 0) is 6.08 Å². The minimum Gasteiger partial charge on any atom is -0.512 e. The molecule has 10 heavy (non-hydrogen) atoms. The Balaban J connectivity index is 0.000000371. The molecule has 0 saturated carbocycles. The van der Waals surface area contributed by atoms with Crippen LogP contribution in [0.5, 0.6) is 0 Å². The van der Waals surface area contributed by atoms with Crippen molar-refractivity contribution >= 4 is 0 Å². The van der Waals surface area contributed by atoms with E-state index in [4.69, 9.17) is 5.11 Å². The van der Waals surface area contributed by atoms with Gasteiger partial charge in [-0.3, -0.25) is 0 Å². The molecule has 0 amide bonds. The van der Waals surface area contributed by atoms with E-state index in [1.165, 1.54) is 0 Å². The second-order valence-corrected chi connectivity index (χ2v) is 1.68. The van der Waals surface area contributed by atoms with Gasteiger partial charge in [-0.25, -0.2) is 0 Å². The molecule has 0 heterocycles. The molecule has 1 N–H and O–H groups in total. The van der Waals surface area contributed by atoms with Crippen molar-refractivity contribution in [1.82, 2.24) is 0 Å². The number of aliphatic hydroxyl groups excluding tert-OH is 1. The first-order chi connectivity index (χ1) is 4.89. The molecule has 1 nitrogen and oxygen atoms in total. The zero-order valence-corrected chi connectivity index (χ0v) is 6.54. The molecule has 0 fully saturated rings. The van der Waals surface area contributed by atoms with Crippen molar-refractivity contribution in [1.29, 1.82) is 0 Å². The molecule has 0 spiro atoms. The summed E-state index contributed by atoms with van der Waals surface area (Å²) in [6.45, 7) is 4.00. The van der Waals surface area contributed by atoms with Crippen LogP contribution in [0.4, 0.5) is 0 Å². The Morgan fingerprint density at radius 3 is 2.60 bits per heavy atom. The SMILES string of the molecule is CC.OC1=CC=CC=CC1. The Hall–Kier alpha value is -0.980. The van der Waals surface area contributed by atoms with Crippen molar-refractivity contribution in [2.45, 2.75) is 20.3 Å². The van der Waals surface area contributed by atoms with Gasteiger partial charge in [0.05, 0.1) is 5.76 Å². The summed E-state index contributed by atoms with van der Waals surface area (Å²) in [7, 11) is 0. The summed E-state index contributed by atoms with van der Waals surface area (Å²) in [6, 6.07) is 0. The van der Waals surface area contributed by atoms with E-state index in [1.54, 1.807) is 6.08 Å². The Kier molecular flexibility index (Phi) is 5.54. The minimum absolute atomic E-state index is 0.426. The van der Waals surface area contributed by atoms with E-state index in [0.29, 0.717) is 12.2 Å². The molecule has 0 aliphatic heterocycles. The quantitative estimate of drug-likeness (QED) is 0.545. The van der Waals surface area contributed by atoms with Gasteiger partial charge in [0, 0.05) is 6.42 Å². The number of rotatable bonds is 0. The highest BCUT2D eigenvalue weighted by molar-refractivity contribution is 5.19. The maximum atomic E-state index is 8.85. The third-order valence-corrected chi connectivity index (χ3v) is 0.974. The highest BCUT2D eigenvalue weighted by Gasteiger charge is 1.86. The fourth-order valence-corrected chi connectivity index (χ4v) is 0.566. The zero-order valence-electron chi connectivity index (χ0n) is 6.54. The van der Waals surface area contributed by atoms with E-state index in [9.17, 15) is 0 Å². The van der Waals surface area contributed by atoms with Crippen molar-refractivity contribution in [3.05, 3.63) is 36.1 Å². The summed E-state index contributed by atoms with van der Waals surface area (Å²) in [5, 5.41) is 8.85. The Bertz CT molecular complexity index is 152. The summed E-state index contributed by atoms with van der Waals surface area (Å²) in [5.74, 6) is 0.426. The molecule has 1 aliphatic carbocycles. The summed E-state index contributed by atoms with van der Waals surface area (Å²) in [6.07, 6.45) is 9.89. The van der Waals surface area contributed by atoms with Gasteiger partial charge in [-0.1, -0.05) is 38.2 Å². The highest BCUT2D eigenvalue weighted by Crippen LogP contribution is 2.01. The molecule has 1 aliphatic rings. The van der Waals surface area contributed by atoms with Gasteiger partial charge in [0.15, 0.2) is 0 Å². The molecule has 0 aromatic carbocycles. The van der Waals surface area contributed by atoms with Gasteiger partial charge in [-0.15, -0.1) is 0 Å². The van der Waals surface area contributed by atoms with Crippen LogP contribution in [-0.2, 0) is 0 Å². The number of hydrogen-bond acceptors (Lipinski definition) is 1. The topological polar surface area (TPSA) is 20.2 Å². The summed E-state index contributed by atoms with van der Waals surface area (Å²) >= 11 is 0. The monoisotopic (exact) mass is 138 g/mol. The lowest BCUT2D eigenvalue weighted by Crippen LogP contribution is -1.72. The lowest BCUT2D eigenvalue weighted by molar-refractivity contribution is 0.402. The molecule has 0 aromatic heterocycles. The van der Waals surface area contributed by atoms with E-state index in [-0.39, 0.29) is 0 Å². The molecule has 0 atom stereocenters. The van der Waals surface area contributed by atoms with Gasteiger partial charge in [-0.2, -0.15) is 0 Å². The predicted molar refractivity (Wildman–Crippen MR) is 45.0 cm³/mol. The average molecular weight is 138 g/mol. The van der Waals surface area contributed by atoms with Crippen molar-refractivity contribution in [3.8, 4) is 0 Å². The molecule has 0 saturated heterocycles. The van der Waals surface area contributed by atoms with Gasteiger partial charge >= 0.3 is 0 Å². The molecule has 1 heteroatoms. The molecule has 0 unspecified atom stereocenters. The number of aliphatic hydroxyl groups is 1. The first-order valence-corrected chi connectivity index (χ1v) is 3.61. The van der Waals surface area contributed by atoms with Crippen LogP contribution >= 0.6 is 0 Å². The normalized spacial score (nSPS) is 14.8. The van der Waals surface area contributed by atoms with Crippen LogP contribution in [0.2, 0.25) is 0 Å². The fourth-order valence-electron chi connectivity index (χ4n) is 0.566. The number of hydrogen-bond donors (Lipinski definition) is 1. The van der Waals surface area contributed by atoms with Gasteiger partial charge in [0.1, 0.15) is 0 Å². The second kappa shape index (κ2) is 6.14. The second-order valence-electron chi connectivity index (χ2n) is 1.68. The zero-order chi connectivity index (χ0) is 7.82. The minimum atomic E-state index is 0.426. The van der Waals surface area contributed by atoms with E-state index in [0.717, 1.165) is 0 Å². The highest BCUT2D eigenvalue weighted by atomic mass is 16.3. The lowest BCUT2D eigenvalue weighted by atomic mass is 10.3. The summed E-state index contributed by atoms with van der Waals surface area (Å²) < 4.78 is 0. The van der Waals surface area contributed by atoms with Gasteiger partial charge in [0.25, 0.3) is 0 Å². The van der Waals surface area contributed by atoms with Crippen LogP contribution in [0.1, 0.15) is 20.3 Å². The molecular weight excluding hydrogens is 124 g/mol. The van der Waals surface area contributed by atoms with Crippen LogP contribution in [0.15, 0.2) is 36.1 Å². The third-order valence-electron chi connectivity index (χ3n) is 0.974. The lowest BCUT2D eigenvalue weighted by Gasteiger charge is -1.86. The van der Waals surface area contributed by atoms with E-state index >= 15 is 0 Å². The van der Waals surface area contributed by atoms with Crippen molar-refractivity contribution in [2.24, 2.45) is 0 Å². The first kappa shape index (κ1) is 9.02. The first-order valence-electron chi connectivity index (χ1n) is 3.61. The van der Waals surface area contributed by atoms with Crippen LogP contribution in [0.3, 0.4) is 0 Å². The maximum Gasteiger partial charge on any atom is 0.0960 e. The van der Waals surface area contributed by atoms with Crippen molar-refractivity contribution in [2.75, 3.05) is 0 Å². The predicted octanol–water partition coefficient (Wildman–Crippen LogP) is 2.97. The van der Waals surface area contributed by atoms with Crippen LogP contribution in [-0.4, -0.2) is 5.11 Å².